The van der Waals surface area contributed by atoms with Gasteiger partial charge in [-0.1, -0.05) is 27.7 Å². The second-order valence-electron chi connectivity index (χ2n) is 7.28. The van der Waals surface area contributed by atoms with Crippen LogP contribution in [-0.2, 0) is 4.74 Å². The molecule has 0 aromatic carbocycles. The first kappa shape index (κ1) is 13.0. The van der Waals surface area contributed by atoms with Crippen molar-refractivity contribution in [1.29, 1.82) is 0 Å². The van der Waals surface area contributed by atoms with E-state index in [9.17, 15) is 0 Å². The molecular weight excluding hydrogens is 186 g/mol. The minimum atomic E-state index is 0.219. The molecular formula is C13H27NO. The lowest BCUT2D eigenvalue weighted by Crippen LogP contribution is -2.53. The van der Waals surface area contributed by atoms with E-state index in [1.165, 1.54) is 6.42 Å². The highest BCUT2D eigenvalue weighted by atomic mass is 16.5. The monoisotopic (exact) mass is 213 g/mol. The lowest BCUT2D eigenvalue weighted by atomic mass is 9.80. The summed E-state index contributed by atoms with van der Waals surface area (Å²) in [5.41, 5.74) is 0.972. The predicted octanol–water partition coefficient (Wildman–Crippen LogP) is 2.83. The Labute approximate surface area is 94.8 Å². The van der Waals surface area contributed by atoms with E-state index in [1.54, 1.807) is 0 Å². The molecule has 0 aromatic heterocycles. The van der Waals surface area contributed by atoms with Crippen LogP contribution in [0.3, 0.4) is 0 Å². The van der Waals surface area contributed by atoms with Gasteiger partial charge < -0.3 is 10.1 Å². The van der Waals surface area contributed by atoms with E-state index < -0.39 is 0 Å². The fraction of sp³-hybridized carbons (Fsp3) is 1.00. The SMILES string of the molecule is CC(C)(C)CC(C)(C)NCC1(C)COC1. The van der Waals surface area contributed by atoms with Crippen molar-refractivity contribution in [2.75, 3.05) is 19.8 Å². The average Bonchev–Trinajstić information content (AvgIpc) is 1.92. The Morgan fingerprint density at radius 3 is 2.00 bits per heavy atom. The molecule has 1 heterocycles. The Hall–Kier alpha value is -0.0800. The second-order valence-corrected chi connectivity index (χ2v) is 7.28. The maximum absolute atomic E-state index is 5.26. The minimum Gasteiger partial charge on any atom is -0.380 e. The first-order valence-corrected chi connectivity index (χ1v) is 5.95. The van der Waals surface area contributed by atoms with Crippen molar-refractivity contribution in [3.63, 3.8) is 0 Å². The number of nitrogens with one attached hydrogen (secondary N) is 1. The normalized spacial score (nSPS) is 21.2. The van der Waals surface area contributed by atoms with Crippen LogP contribution in [0.2, 0.25) is 0 Å². The summed E-state index contributed by atoms with van der Waals surface area (Å²) in [6, 6.07) is 0. The summed E-state index contributed by atoms with van der Waals surface area (Å²) in [4.78, 5) is 0. The standard InChI is InChI=1S/C13H27NO/c1-11(2,3)7-12(4,5)14-8-13(6)9-15-10-13/h14H,7-10H2,1-6H3. The highest BCUT2D eigenvalue weighted by molar-refractivity contribution is 4.89. The molecule has 2 nitrogen and oxygen atoms in total. The van der Waals surface area contributed by atoms with Crippen molar-refractivity contribution in [3.05, 3.63) is 0 Å². The maximum Gasteiger partial charge on any atom is 0.0554 e. The van der Waals surface area contributed by atoms with Gasteiger partial charge in [0, 0.05) is 17.5 Å². The largest absolute Gasteiger partial charge is 0.380 e. The van der Waals surface area contributed by atoms with Crippen LogP contribution < -0.4 is 5.32 Å². The molecule has 1 rings (SSSR count). The number of rotatable bonds is 4. The van der Waals surface area contributed by atoms with Crippen LogP contribution in [0.4, 0.5) is 0 Å². The van der Waals surface area contributed by atoms with Gasteiger partial charge in [-0.25, -0.2) is 0 Å². The molecule has 1 aliphatic heterocycles. The van der Waals surface area contributed by atoms with E-state index >= 15 is 0 Å². The summed E-state index contributed by atoms with van der Waals surface area (Å²) in [6.45, 7) is 16.6. The van der Waals surface area contributed by atoms with E-state index in [-0.39, 0.29) is 5.54 Å². The lowest BCUT2D eigenvalue weighted by Gasteiger charge is -2.42. The van der Waals surface area contributed by atoms with Crippen LogP contribution in [0.1, 0.15) is 48.0 Å². The van der Waals surface area contributed by atoms with Gasteiger partial charge in [-0.15, -0.1) is 0 Å². The van der Waals surface area contributed by atoms with Gasteiger partial charge in [0.05, 0.1) is 13.2 Å². The van der Waals surface area contributed by atoms with Crippen molar-refractivity contribution in [1.82, 2.24) is 5.32 Å². The Bertz CT molecular complexity index is 211. The molecule has 0 spiro atoms. The van der Waals surface area contributed by atoms with Crippen LogP contribution in [0.25, 0.3) is 0 Å². The molecule has 1 saturated heterocycles. The maximum atomic E-state index is 5.26. The molecule has 0 bridgehead atoms. The van der Waals surface area contributed by atoms with Crippen LogP contribution in [0.5, 0.6) is 0 Å². The van der Waals surface area contributed by atoms with E-state index in [2.05, 4.69) is 46.9 Å². The molecule has 0 atom stereocenters. The molecule has 0 radical (unpaired) electrons. The molecule has 0 aliphatic carbocycles. The Balaban J connectivity index is 2.35. The van der Waals surface area contributed by atoms with E-state index in [4.69, 9.17) is 4.74 Å². The Kier molecular flexibility index (Phi) is 3.52. The molecule has 1 N–H and O–H groups in total. The van der Waals surface area contributed by atoms with Crippen molar-refractivity contribution in [2.24, 2.45) is 10.8 Å². The lowest BCUT2D eigenvalue weighted by molar-refractivity contribution is -0.102. The topological polar surface area (TPSA) is 21.3 Å². The molecule has 1 aliphatic rings. The van der Waals surface area contributed by atoms with Gasteiger partial charge in [0.2, 0.25) is 0 Å². The number of hydrogen-bond acceptors (Lipinski definition) is 2. The molecule has 90 valence electrons. The Morgan fingerprint density at radius 2 is 1.67 bits per heavy atom. The smallest absolute Gasteiger partial charge is 0.0554 e. The summed E-state index contributed by atoms with van der Waals surface area (Å²) in [7, 11) is 0. The van der Waals surface area contributed by atoms with E-state index in [1.807, 2.05) is 0 Å². The third-order valence-corrected chi connectivity index (χ3v) is 2.87. The highest BCUT2D eigenvalue weighted by Gasteiger charge is 2.35. The number of ether oxygens (including phenoxy) is 1. The molecule has 1 fully saturated rings. The predicted molar refractivity (Wildman–Crippen MR) is 65.1 cm³/mol. The molecule has 0 saturated carbocycles. The van der Waals surface area contributed by atoms with Gasteiger partial charge in [-0.3, -0.25) is 0 Å². The van der Waals surface area contributed by atoms with Crippen molar-refractivity contribution >= 4 is 0 Å². The summed E-state index contributed by atoms with van der Waals surface area (Å²) in [5.74, 6) is 0. The summed E-state index contributed by atoms with van der Waals surface area (Å²) >= 11 is 0. The van der Waals surface area contributed by atoms with Crippen LogP contribution in [0, 0.1) is 10.8 Å². The molecule has 0 unspecified atom stereocenters. The first-order chi connectivity index (χ1) is 6.62. The molecule has 2 heteroatoms. The third kappa shape index (κ3) is 4.52. The van der Waals surface area contributed by atoms with Gasteiger partial charge in [-0.05, 0) is 25.7 Å². The van der Waals surface area contributed by atoms with Crippen molar-refractivity contribution in [3.8, 4) is 0 Å². The molecule has 0 aromatic rings. The zero-order valence-electron chi connectivity index (χ0n) is 11.2. The highest BCUT2D eigenvalue weighted by Crippen LogP contribution is 2.30. The fourth-order valence-electron chi connectivity index (χ4n) is 2.39. The third-order valence-electron chi connectivity index (χ3n) is 2.87. The second kappa shape index (κ2) is 4.06. The van der Waals surface area contributed by atoms with Gasteiger partial charge >= 0.3 is 0 Å². The fourth-order valence-corrected chi connectivity index (χ4v) is 2.39. The molecule has 15 heavy (non-hydrogen) atoms. The molecule has 0 amide bonds. The van der Waals surface area contributed by atoms with Crippen LogP contribution >= 0.6 is 0 Å². The zero-order chi connectivity index (χ0) is 11.7. The van der Waals surface area contributed by atoms with Crippen molar-refractivity contribution in [2.45, 2.75) is 53.5 Å². The van der Waals surface area contributed by atoms with Crippen molar-refractivity contribution < 1.29 is 4.74 Å². The summed E-state index contributed by atoms with van der Waals surface area (Å²) < 4.78 is 5.26. The number of hydrogen-bond donors (Lipinski definition) is 1. The van der Waals surface area contributed by atoms with Gasteiger partial charge in [0.1, 0.15) is 0 Å². The van der Waals surface area contributed by atoms with Gasteiger partial charge in [-0.2, -0.15) is 0 Å². The quantitative estimate of drug-likeness (QED) is 0.775. The summed E-state index contributed by atoms with van der Waals surface area (Å²) in [5, 5.41) is 3.68. The average molecular weight is 213 g/mol. The van der Waals surface area contributed by atoms with Gasteiger partial charge in [0.25, 0.3) is 0 Å². The zero-order valence-corrected chi connectivity index (χ0v) is 11.2. The first-order valence-electron chi connectivity index (χ1n) is 5.95. The Morgan fingerprint density at radius 1 is 1.13 bits per heavy atom. The summed E-state index contributed by atoms with van der Waals surface area (Å²) in [6.07, 6.45) is 1.19. The van der Waals surface area contributed by atoms with Crippen LogP contribution in [0.15, 0.2) is 0 Å². The van der Waals surface area contributed by atoms with Crippen LogP contribution in [-0.4, -0.2) is 25.3 Å². The van der Waals surface area contributed by atoms with Gasteiger partial charge in [0.15, 0.2) is 0 Å². The van der Waals surface area contributed by atoms with E-state index in [0.717, 1.165) is 19.8 Å². The minimum absolute atomic E-state index is 0.219. The van der Waals surface area contributed by atoms with E-state index in [0.29, 0.717) is 10.8 Å².